The van der Waals surface area contributed by atoms with E-state index >= 15 is 0 Å². The van der Waals surface area contributed by atoms with E-state index < -0.39 is 11.6 Å². The second kappa shape index (κ2) is 4.74. The van der Waals surface area contributed by atoms with Gasteiger partial charge in [-0.1, -0.05) is 18.2 Å². The molecule has 0 spiro atoms. The van der Waals surface area contributed by atoms with Gasteiger partial charge in [0, 0.05) is 17.7 Å². The van der Waals surface area contributed by atoms with Gasteiger partial charge in [-0.05, 0) is 48.7 Å². The van der Waals surface area contributed by atoms with Gasteiger partial charge < -0.3 is 5.32 Å². The standard InChI is InChI=1S/C16H15F2N/c1-19-16-7-3-11-8-10(2-5-14(11)16)13-6-4-12(17)9-15(13)18/h2,4-6,8-9,16,19H,3,7H2,1H3. The Kier molecular flexibility index (Phi) is 3.07. The minimum atomic E-state index is -0.544. The third-order valence-electron chi connectivity index (χ3n) is 3.81. The Morgan fingerprint density at radius 2 is 1.95 bits per heavy atom. The lowest BCUT2D eigenvalue weighted by Gasteiger charge is -2.11. The molecule has 3 heteroatoms. The molecule has 1 nitrogen and oxygen atoms in total. The average Bonchev–Trinajstić information content (AvgIpc) is 2.80. The van der Waals surface area contributed by atoms with Crippen molar-refractivity contribution in [3.63, 3.8) is 0 Å². The van der Waals surface area contributed by atoms with E-state index in [0.29, 0.717) is 11.6 Å². The molecule has 0 heterocycles. The topological polar surface area (TPSA) is 12.0 Å². The first-order valence-electron chi connectivity index (χ1n) is 6.44. The molecule has 0 radical (unpaired) electrons. The Morgan fingerprint density at radius 3 is 2.68 bits per heavy atom. The first kappa shape index (κ1) is 12.3. The molecule has 0 bridgehead atoms. The van der Waals surface area contributed by atoms with Crippen molar-refractivity contribution in [1.82, 2.24) is 5.32 Å². The smallest absolute Gasteiger partial charge is 0.133 e. The quantitative estimate of drug-likeness (QED) is 0.864. The Morgan fingerprint density at radius 1 is 1.11 bits per heavy atom. The van der Waals surface area contributed by atoms with Crippen molar-refractivity contribution in [3.05, 3.63) is 59.2 Å². The molecule has 98 valence electrons. The van der Waals surface area contributed by atoms with Crippen LogP contribution in [0.3, 0.4) is 0 Å². The van der Waals surface area contributed by atoms with Crippen LogP contribution >= 0.6 is 0 Å². The molecule has 1 aliphatic carbocycles. The Hall–Kier alpha value is -1.74. The molecule has 1 unspecified atom stereocenters. The van der Waals surface area contributed by atoms with Gasteiger partial charge in [0.2, 0.25) is 0 Å². The summed E-state index contributed by atoms with van der Waals surface area (Å²) in [6.45, 7) is 0. The molecule has 19 heavy (non-hydrogen) atoms. The Bertz CT molecular complexity index is 622. The van der Waals surface area contributed by atoms with Crippen LogP contribution in [0.5, 0.6) is 0 Å². The van der Waals surface area contributed by atoms with Crippen LogP contribution < -0.4 is 5.32 Å². The maximum absolute atomic E-state index is 13.8. The third-order valence-corrected chi connectivity index (χ3v) is 3.81. The third kappa shape index (κ3) is 2.15. The summed E-state index contributed by atoms with van der Waals surface area (Å²) >= 11 is 0. The van der Waals surface area contributed by atoms with Crippen LogP contribution in [0.1, 0.15) is 23.6 Å². The normalized spacial score (nSPS) is 17.5. The number of hydrogen-bond donors (Lipinski definition) is 1. The van der Waals surface area contributed by atoms with Gasteiger partial charge in [0.05, 0.1) is 0 Å². The minimum absolute atomic E-state index is 0.391. The van der Waals surface area contributed by atoms with Crippen molar-refractivity contribution in [2.75, 3.05) is 7.05 Å². The van der Waals surface area contributed by atoms with Crippen LogP contribution in [0.25, 0.3) is 11.1 Å². The fourth-order valence-corrected chi connectivity index (χ4v) is 2.81. The number of rotatable bonds is 2. The molecular weight excluding hydrogens is 244 g/mol. The van der Waals surface area contributed by atoms with Gasteiger partial charge in [-0.2, -0.15) is 0 Å². The second-order valence-corrected chi connectivity index (χ2v) is 4.92. The van der Waals surface area contributed by atoms with Crippen LogP contribution in [0, 0.1) is 11.6 Å². The van der Waals surface area contributed by atoms with E-state index in [2.05, 4.69) is 5.32 Å². The first-order chi connectivity index (χ1) is 9.19. The van der Waals surface area contributed by atoms with Crippen LogP contribution in [0.2, 0.25) is 0 Å². The molecular formula is C16H15F2N. The molecule has 0 saturated carbocycles. The predicted octanol–water partition coefficient (Wildman–Crippen LogP) is 3.84. The van der Waals surface area contributed by atoms with Gasteiger partial charge in [-0.15, -0.1) is 0 Å². The molecule has 0 amide bonds. The summed E-state index contributed by atoms with van der Waals surface area (Å²) in [4.78, 5) is 0. The van der Waals surface area contributed by atoms with E-state index in [1.807, 2.05) is 25.2 Å². The fraction of sp³-hybridized carbons (Fsp3) is 0.250. The summed E-state index contributed by atoms with van der Waals surface area (Å²) in [5.41, 5.74) is 3.81. The zero-order valence-corrected chi connectivity index (χ0v) is 10.7. The molecule has 0 aromatic heterocycles. The number of fused-ring (bicyclic) bond motifs is 1. The highest BCUT2D eigenvalue weighted by Crippen LogP contribution is 2.34. The van der Waals surface area contributed by atoms with Crippen molar-refractivity contribution in [3.8, 4) is 11.1 Å². The van der Waals surface area contributed by atoms with Gasteiger partial charge in [-0.3, -0.25) is 0 Å². The average molecular weight is 259 g/mol. The van der Waals surface area contributed by atoms with E-state index in [1.165, 1.54) is 23.3 Å². The molecule has 0 fully saturated rings. The van der Waals surface area contributed by atoms with E-state index in [9.17, 15) is 8.78 Å². The van der Waals surface area contributed by atoms with Crippen molar-refractivity contribution >= 4 is 0 Å². The number of benzene rings is 2. The van der Waals surface area contributed by atoms with Gasteiger partial charge in [0.15, 0.2) is 0 Å². The summed E-state index contributed by atoms with van der Waals surface area (Å²) in [7, 11) is 1.95. The largest absolute Gasteiger partial charge is 0.313 e. The molecule has 1 aliphatic rings. The van der Waals surface area contributed by atoms with Gasteiger partial charge in [0.25, 0.3) is 0 Å². The van der Waals surface area contributed by atoms with Gasteiger partial charge >= 0.3 is 0 Å². The number of halogens is 2. The molecule has 1 atom stereocenters. The van der Waals surface area contributed by atoms with Crippen molar-refractivity contribution < 1.29 is 8.78 Å². The van der Waals surface area contributed by atoms with Crippen LogP contribution in [0.15, 0.2) is 36.4 Å². The monoisotopic (exact) mass is 259 g/mol. The molecule has 0 aliphatic heterocycles. The number of nitrogens with one attached hydrogen (secondary N) is 1. The summed E-state index contributed by atoms with van der Waals surface area (Å²) < 4.78 is 26.7. The lowest BCUT2D eigenvalue weighted by atomic mass is 9.99. The SMILES string of the molecule is CNC1CCc2cc(-c3ccc(F)cc3F)ccc21. The van der Waals surface area contributed by atoms with Crippen molar-refractivity contribution in [2.45, 2.75) is 18.9 Å². The van der Waals surface area contributed by atoms with Crippen molar-refractivity contribution in [2.24, 2.45) is 0 Å². The first-order valence-corrected chi connectivity index (χ1v) is 6.44. The zero-order valence-electron chi connectivity index (χ0n) is 10.7. The molecule has 2 aromatic carbocycles. The molecule has 2 aromatic rings. The Labute approximate surface area is 111 Å². The Balaban J connectivity index is 2.03. The summed E-state index contributed by atoms with van der Waals surface area (Å²) in [5, 5.41) is 3.27. The number of aryl methyl sites for hydroxylation is 1. The summed E-state index contributed by atoms with van der Waals surface area (Å²) in [6.07, 6.45) is 2.07. The zero-order chi connectivity index (χ0) is 13.4. The molecule has 3 rings (SSSR count). The van der Waals surface area contributed by atoms with E-state index in [4.69, 9.17) is 0 Å². The lowest BCUT2D eigenvalue weighted by Crippen LogP contribution is -2.12. The van der Waals surface area contributed by atoms with Crippen molar-refractivity contribution in [1.29, 1.82) is 0 Å². The lowest BCUT2D eigenvalue weighted by molar-refractivity contribution is 0.585. The highest BCUT2D eigenvalue weighted by molar-refractivity contribution is 5.66. The maximum atomic E-state index is 13.8. The molecule has 0 saturated heterocycles. The highest BCUT2D eigenvalue weighted by Gasteiger charge is 2.21. The van der Waals surface area contributed by atoms with Gasteiger partial charge in [0.1, 0.15) is 11.6 Å². The summed E-state index contributed by atoms with van der Waals surface area (Å²) in [5.74, 6) is -1.05. The van der Waals surface area contributed by atoms with E-state index in [1.54, 1.807) is 0 Å². The van der Waals surface area contributed by atoms with Crippen LogP contribution in [-0.4, -0.2) is 7.05 Å². The van der Waals surface area contributed by atoms with Gasteiger partial charge in [-0.25, -0.2) is 8.78 Å². The second-order valence-electron chi connectivity index (χ2n) is 4.92. The van der Waals surface area contributed by atoms with E-state index in [0.717, 1.165) is 24.5 Å². The highest BCUT2D eigenvalue weighted by atomic mass is 19.1. The predicted molar refractivity (Wildman–Crippen MR) is 71.9 cm³/mol. The number of hydrogen-bond acceptors (Lipinski definition) is 1. The molecule has 1 N–H and O–H groups in total. The van der Waals surface area contributed by atoms with Crippen LogP contribution in [-0.2, 0) is 6.42 Å². The summed E-state index contributed by atoms with van der Waals surface area (Å²) in [6, 6.07) is 10.1. The van der Waals surface area contributed by atoms with Crippen LogP contribution in [0.4, 0.5) is 8.78 Å². The van der Waals surface area contributed by atoms with E-state index in [-0.39, 0.29) is 0 Å². The fourth-order valence-electron chi connectivity index (χ4n) is 2.81. The minimum Gasteiger partial charge on any atom is -0.313 e. The maximum Gasteiger partial charge on any atom is 0.133 e.